The number of aromatic nitrogens is 2. The summed E-state index contributed by atoms with van der Waals surface area (Å²) < 4.78 is 16.3. The van der Waals surface area contributed by atoms with Gasteiger partial charge in [-0.25, -0.2) is 0 Å². The van der Waals surface area contributed by atoms with Gasteiger partial charge >= 0.3 is 0 Å². The van der Waals surface area contributed by atoms with Crippen LogP contribution in [0.15, 0.2) is 27.2 Å². The second-order valence-corrected chi connectivity index (χ2v) is 4.44. The van der Waals surface area contributed by atoms with Gasteiger partial charge < -0.3 is 19.3 Å². The number of ether oxygens (including phenoxy) is 1. The van der Waals surface area contributed by atoms with E-state index in [0.717, 1.165) is 13.1 Å². The lowest BCUT2D eigenvalue weighted by Gasteiger charge is -2.31. The Hall–Kier alpha value is -1.70. The fraction of sp³-hybridized carbons (Fsp3) is 0.500. The Morgan fingerprint density at radius 1 is 1.42 bits per heavy atom. The fourth-order valence-electron chi connectivity index (χ4n) is 2.08. The Balaban J connectivity index is 1.64. The van der Waals surface area contributed by atoms with E-state index in [9.17, 15) is 0 Å². The van der Waals surface area contributed by atoms with Gasteiger partial charge in [0.2, 0.25) is 5.89 Å². The molecule has 1 aliphatic rings. The summed E-state index contributed by atoms with van der Waals surface area (Å²) in [6.45, 7) is 3.44. The van der Waals surface area contributed by atoms with E-state index in [2.05, 4.69) is 15.1 Å². The van der Waals surface area contributed by atoms with Crippen molar-refractivity contribution in [3.8, 4) is 11.7 Å². The van der Waals surface area contributed by atoms with Crippen molar-refractivity contribution < 1.29 is 13.6 Å². The maximum absolute atomic E-state index is 5.61. The first-order valence-corrected chi connectivity index (χ1v) is 6.25. The van der Waals surface area contributed by atoms with E-state index in [-0.39, 0.29) is 6.10 Å². The molecule has 1 atom stereocenters. The molecule has 0 aromatic carbocycles. The van der Waals surface area contributed by atoms with Crippen LogP contribution >= 0.6 is 0 Å². The van der Waals surface area contributed by atoms with Gasteiger partial charge in [-0.15, -0.1) is 10.2 Å². The quantitative estimate of drug-likeness (QED) is 0.859. The molecule has 1 aliphatic heterocycles. The van der Waals surface area contributed by atoms with Crippen LogP contribution in [0.1, 0.15) is 5.89 Å². The zero-order valence-corrected chi connectivity index (χ0v) is 10.5. The molecule has 2 N–H and O–H groups in total. The third kappa shape index (κ3) is 2.83. The van der Waals surface area contributed by atoms with Crippen LogP contribution in [0.4, 0.5) is 0 Å². The molecule has 0 bridgehead atoms. The molecule has 3 rings (SSSR count). The molecule has 0 saturated carbocycles. The predicted octanol–water partition coefficient (Wildman–Crippen LogP) is 0.489. The highest BCUT2D eigenvalue weighted by Gasteiger charge is 2.21. The van der Waals surface area contributed by atoms with Crippen LogP contribution < -0.4 is 5.73 Å². The average molecular weight is 264 g/mol. The Morgan fingerprint density at radius 2 is 2.37 bits per heavy atom. The van der Waals surface area contributed by atoms with Crippen LogP contribution in [-0.4, -0.2) is 47.4 Å². The molecule has 1 unspecified atom stereocenters. The number of furan rings is 1. The molecule has 0 aliphatic carbocycles. The SMILES string of the molecule is NCC1CN(Cc2nnc(-c3ccco3)o2)CCO1. The lowest BCUT2D eigenvalue weighted by atomic mass is 10.3. The first kappa shape index (κ1) is 12.3. The van der Waals surface area contributed by atoms with Crippen molar-refractivity contribution in [2.75, 3.05) is 26.2 Å². The number of morpholine rings is 1. The largest absolute Gasteiger partial charge is 0.459 e. The highest BCUT2D eigenvalue weighted by Crippen LogP contribution is 2.18. The summed E-state index contributed by atoms with van der Waals surface area (Å²) in [6, 6.07) is 3.57. The Bertz CT molecular complexity index is 511. The van der Waals surface area contributed by atoms with Crippen molar-refractivity contribution in [1.82, 2.24) is 15.1 Å². The van der Waals surface area contributed by atoms with Crippen LogP contribution in [0.2, 0.25) is 0 Å². The topological polar surface area (TPSA) is 90.6 Å². The monoisotopic (exact) mass is 264 g/mol. The average Bonchev–Trinajstić information content (AvgIpc) is 3.09. The molecule has 7 heteroatoms. The van der Waals surface area contributed by atoms with Crippen LogP contribution in [0.3, 0.4) is 0 Å². The van der Waals surface area contributed by atoms with Crippen LogP contribution in [0, 0.1) is 0 Å². The smallest absolute Gasteiger partial charge is 0.283 e. The summed E-state index contributed by atoms with van der Waals surface area (Å²) in [4.78, 5) is 2.19. The predicted molar refractivity (Wildman–Crippen MR) is 66.1 cm³/mol. The molecule has 102 valence electrons. The number of nitrogens with zero attached hydrogens (tertiary/aromatic N) is 3. The van der Waals surface area contributed by atoms with E-state index in [0.29, 0.717) is 37.2 Å². The summed E-state index contributed by atoms with van der Waals surface area (Å²) in [7, 11) is 0. The lowest BCUT2D eigenvalue weighted by Crippen LogP contribution is -2.45. The third-order valence-corrected chi connectivity index (χ3v) is 3.04. The zero-order chi connectivity index (χ0) is 13.1. The van der Waals surface area contributed by atoms with E-state index in [1.165, 1.54) is 0 Å². The van der Waals surface area contributed by atoms with Gasteiger partial charge in [-0.1, -0.05) is 0 Å². The van der Waals surface area contributed by atoms with Gasteiger partial charge in [0.1, 0.15) is 0 Å². The number of hydrogen-bond acceptors (Lipinski definition) is 7. The van der Waals surface area contributed by atoms with Gasteiger partial charge in [0, 0.05) is 19.6 Å². The van der Waals surface area contributed by atoms with Crippen molar-refractivity contribution in [2.24, 2.45) is 5.73 Å². The maximum Gasteiger partial charge on any atom is 0.283 e. The summed E-state index contributed by atoms with van der Waals surface area (Å²) in [5.41, 5.74) is 5.61. The van der Waals surface area contributed by atoms with Gasteiger partial charge in [-0.05, 0) is 12.1 Å². The molecule has 7 nitrogen and oxygen atoms in total. The molecule has 1 saturated heterocycles. The Labute approximate surface area is 110 Å². The third-order valence-electron chi connectivity index (χ3n) is 3.04. The van der Waals surface area contributed by atoms with E-state index in [4.69, 9.17) is 19.3 Å². The molecule has 19 heavy (non-hydrogen) atoms. The van der Waals surface area contributed by atoms with Crippen molar-refractivity contribution in [3.05, 3.63) is 24.3 Å². The molecule has 0 amide bonds. The number of nitrogens with two attached hydrogens (primary N) is 1. The van der Waals surface area contributed by atoms with Crippen molar-refractivity contribution in [3.63, 3.8) is 0 Å². The van der Waals surface area contributed by atoms with Gasteiger partial charge in [0.15, 0.2) is 5.76 Å². The molecule has 3 heterocycles. The second kappa shape index (κ2) is 5.52. The molecule has 2 aromatic rings. The highest BCUT2D eigenvalue weighted by molar-refractivity contribution is 5.42. The first-order valence-electron chi connectivity index (χ1n) is 6.25. The summed E-state index contributed by atoms with van der Waals surface area (Å²) in [6.07, 6.45) is 1.66. The fourth-order valence-corrected chi connectivity index (χ4v) is 2.08. The van der Waals surface area contributed by atoms with Crippen molar-refractivity contribution in [1.29, 1.82) is 0 Å². The van der Waals surface area contributed by atoms with Gasteiger partial charge in [0.25, 0.3) is 5.89 Å². The summed E-state index contributed by atoms with van der Waals surface area (Å²) in [5, 5.41) is 8.00. The van der Waals surface area contributed by atoms with E-state index < -0.39 is 0 Å². The number of hydrogen-bond donors (Lipinski definition) is 1. The highest BCUT2D eigenvalue weighted by atomic mass is 16.5. The number of rotatable bonds is 4. The zero-order valence-electron chi connectivity index (χ0n) is 10.5. The molecular formula is C12H16N4O3. The van der Waals surface area contributed by atoms with Gasteiger partial charge in [0.05, 0.1) is 25.5 Å². The maximum atomic E-state index is 5.61. The lowest BCUT2D eigenvalue weighted by molar-refractivity contribution is -0.0283. The molecular weight excluding hydrogens is 248 g/mol. The van der Waals surface area contributed by atoms with E-state index >= 15 is 0 Å². The molecule has 1 fully saturated rings. The standard InChI is InChI=1S/C12H16N4O3/c13-6-9-7-16(3-5-17-9)8-11-14-15-12(19-11)10-2-1-4-18-10/h1-2,4,9H,3,5-8,13H2. The summed E-state index contributed by atoms with van der Waals surface area (Å²) in [5.74, 6) is 1.56. The molecule has 2 aromatic heterocycles. The van der Waals surface area contributed by atoms with Gasteiger partial charge in [-0.2, -0.15) is 0 Å². The Kier molecular flexibility index (Phi) is 3.58. The summed E-state index contributed by atoms with van der Waals surface area (Å²) >= 11 is 0. The van der Waals surface area contributed by atoms with E-state index in [1.807, 2.05) is 0 Å². The minimum absolute atomic E-state index is 0.0845. The molecule has 0 spiro atoms. The minimum atomic E-state index is 0.0845. The molecule has 0 radical (unpaired) electrons. The minimum Gasteiger partial charge on any atom is -0.459 e. The van der Waals surface area contributed by atoms with Crippen molar-refractivity contribution in [2.45, 2.75) is 12.6 Å². The van der Waals surface area contributed by atoms with Crippen LogP contribution in [-0.2, 0) is 11.3 Å². The van der Waals surface area contributed by atoms with Crippen molar-refractivity contribution >= 4 is 0 Å². The Morgan fingerprint density at radius 3 is 3.16 bits per heavy atom. The van der Waals surface area contributed by atoms with Crippen LogP contribution in [0.25, 0.3) is 11.7 Å². The van der Waals surface area contributed by atoms with Crippen LogP contribution in [0.5, 0.6) is 0 Å². The van der Waals surface area contributed by atoms with Gasteiger partial charge in [-0.3, -0.25) is 4.90 Å². The first-order chi connectivity index (χ1) is 9.35. The van der Waals surface area contributed by atoms with E-state index in [1.54, 1.807) is 18.4 Å². The normalized spacial score (nSPS) is 20.8. The second-order valence-electron chi connectivity index (χ2n) is 4.44.